The smallest absolute Gasteiger partial charge is 0.243 e. The summed E-state index contributed by atoms with van der Waals surface area (Å²) in [7, 11) is 3.44. The SMILES string of the molecule is C=CCNC(=NCC(=O)N(C)C)NCC(C)SC. The zero-order chi connectivity index (χ0) is 14.0. The number of rotatable bonds is 7. The number of carbonyl (C=O) groups excluding carboxylic acids is 1. The molecule has 0 aliphatic carbocycles. The van der Waals surface area contributed by atoms with Crippen LogP contribution in [0.5, 0.6) is 0 Å². The Hall–Kier alpha value is -1.17. The predicted octanol–water partition coefficient (Wildman–Crippen LogP) is 0.547. The van der Waals surface area contributed by atoms with Crippen molar-refractivity contribution in [3.63, 3.8) is 0 Å². The first-order chi connectivity index (χ1) is 8.51. The molecule has 1 amide bonds. The minimum Gasteiger partial charge on any atom is -0.355 e. The molecule has 0 fully saturated rings. The highest BCUT2D eigenvalue weighted by Crippen LogP contribution is 2.02. The van der Waals surface area contributed by atoms with Crippen molar-refractivity contribution in [3.8, 4) is 0 Å². The summed E-state index contributed by atoms with van der Waals surface area (Å²) in [5.41, 5.74) is 0. The van der Waals surface area contributed by atoms with Gasteiger partial charge >= 0.3 is 0 Å². The van der Waals surface area contributed by atoms with Crippen molar-refractivity contribution in [1.29, 1.82) is 0 Å². The summed E-state index contributed by atoms with van der Waals surface area (Å²) in [6, 6.07) is 0. The predicted molar refractivity (Wildman–Crippen MR) is 80.2 cm³/mol. The number of nitrogens with zero attached hydrogens (tertiary/aromatic N) is 2. The Morgan fingerprint density at radius 3 is 2.67 bits per heavy atom. The van der Waals surface area contributed by atoms with E-state index >= 15 is 0 Å². The Morgan fingerprint density at radius 1 is 1.50 bits per heavy atom. The molecule has 0 aliphatic heterocycles. The van der Waals surface area contributed by atoms with Crippen molar-refractivity contribution in [3.05, 3.63) is 12.7 Å². The highest BCUT2D eigenvalue weighted by atomic mass is 32.2. The molecule has 6 heteroatoms. The van der Waals surface area contributed by atoms with Gasteiger partial charge in [0.2, 0.25) is 5.91 Å². The summed E-state index contributed by atoms with van der Waals surface area (Å²) in [5, 5.41) is 6.77. The van der Waals surface area contributed by atoms with E-state index in [0.717, 1.165) is 6.54 Å². The molecule has 1 unspecified atom stereocenters. The molecule has 0 heterocycles. The second-order valence-electron chi connectivity index (χ2n) is 4.05. The Balaban J connectivity index is 4.32. The van der Waals surface area contributed by atoms with E-state index < -0.39 is 0 Å². The lowest BCUT2D eigenvalue weighted by molar-refractivity contribution is -0.127. The van der Waals surface area contributed by atoms with Gasteiger partial charge in [0.25, 0.3) is 0 Å². The maximum Gasteiger partial charge on any atom is 0.243 e. The molecule has 5 nitrogen and oxygen atoms in total. The van der Waals surface area contributed by atoms with Gasteiger partial charge in [-0.15, -0.1) is 6.58 Å². The lowest BCUT2D eigenvalue weighted by Crippen LogP contribution is -2.41. The summed E-state index contributed by atoms with van der Waals surface area (Å²) in [6.07, 6.45) is 3.82. The van der Waals surface area contributed by atoms with Gasteiger partial charge in [-0.25, -0.2) is 4.99 Å². The van der Waals surface area contributed by atoms with Crippen molar-refractivity contribution in [1.82, 2.24) is 15.5 Å². The van der Waals surface area contributed by atoms with E-state index in [2.05, 4.69) is 35.4 Å². The van der Waals surface area contributed by atoms with Gasteiger partial charge in [-0.2, -0.15) is 11.8 Å². The Kier molecular flexibility index (Phi) is 9.18. The lowest BCUT2D eigenvalue weighted by Gasteiger charge is -2.15. The van der Waals surface area contributed by atoms with E-state index in [0.29, 0.717) is 17.8 Å². The zero-order valence-electron chi connectivity index (χ0n) is 11.7. The van der Waals surface area contributed by atoms with E-state index in [1.165, 1.54) is 4.90 Å². The largest absolute Gasteiger partial charge is 0.355 e. The number of aliphatic imine (C=N–C) groups is 1. The molecule has 0 bridgehead atoms. The molecule has 18 heavy (non-hydrogen) atoms. The van der Waals surface area contributed by atoms with Crippen molar-refractivity contribution in [2.45, 2.75) is 12.2 Å². The maximum absolute atomic E-state index is 11.5. The fourth-order valence-corrected chi connectivity index (χ4v) is 1.20. The molecule has 104 valence electrons. The average Bonchev–Trinajstić information content (AvgIpc) is 2.36. The summed E-state index contributed by atoms with van der Waals surface area (Å²) in [5.74, 6) is 0.624. The molecule has 0 radical (unpaired) electrons. The number of guanidine groups is 1. The first-order valence-electron chi connectivity index (χ1n) is 5.87. The quantitative estimate of drug-likeness (QED) is 0.404. The molecule has 0 spiro atoms. The molecule has 0 aromatic heterocycles. The van der Waals surface area contributed by atoms with Gasteiger partial charge in [-0.3, -0.25) is 4.79 Å². The molecule has 0 saturated carbocycles. The van der Waals surface area contributed by atoms with Gasteiger partial charge in [0.1, 0.15) is 6.54 Å². The molecule has 2 N–H and O–H groups in total. The van der Waals surface area contributed by atoms with Crippen LogP contribution in [0.1, 0.15) is 6.92 Å². The van der Waals surface area contributed by atoms with Gasteiger partial charge in [0.15, 0.2) is 5.96 Å². The van der Waals surface area contributed by atoms with Gasteiger partial charge in [0.05, 0.1) is 0 Å². The van der Waals surface area contributed by atoms with Crippen LogP contribution in [0.15, 0.2) is 17.6 Å². The normalized spacial score (nSPS) is 12.8. The summed E-state index contributed by atoms with van der Waals surface area (Å²) < 4.78 is 0. The molecular formula is C12H24N4OS. The zero-order valence-corrected chi connectivity index (χ0v) is 12.5. The van der Waals surface area contributed by atoms with Gasteiger partial charge in [-0.1, -0.05) is 13.0 Å². The topological polar surface area (TPSA) is 56.7 Å². The number of likely N-dealkylation sites (N-methyl/N-ethyl adjacent to an activating group) is 1. The molecule has 1 atom stereocenters. The minimum absolute atomic E-state index is 0.0207. The van der Waals surface area contributed by atoms with Crippen LogP contribution in [-0.2, 0) is 4.79 Å². The fourth-order valence-electron chi connectivity index (χ4n) is 0.955. The highest BCUT2D eigenvalue weighted by Gasteiger charge is 2.05. The van der Waals surface area contributed by atoms with Gasteiger partial charge in [0, 0.05) is 32.4 Å². The van der Waals surface area contributed by atoms with E-state index in [4.69, 9.17) is 0 Å². The standard InChI is InChI=1S/C12H24N4OS/c1-6-7-13-12(14-8-10(2)18-5)15-9-11(17)16(3)4/h6,10H,1,7-9H2,2-5H3,(H2,13,14,15). The number of hydrogen-bond donors (Lipinski definition) is 2. The van der Waals surface area contributed by atoms with E-state index in [1.807, 2.05) is 0 Å². The third kappa shape index (κ3) is 8.00. The minimum atomic E-state index is -0.0207. The van der Waals surface area contributed by atoms with Crippen LogP contribution in [-0.4, -0.2) is 62.0 Å². The summed E-state index contributed by atoms with van der Waals surface area (Å²) in [4.78, 5) is 17.2. The Bertz CT molecular complexity index is 292. The maximum atomic E-state index is 11.5. The van der Waals surface area contributed by atoms with Crippen molar-refractivity contribution < 1.29 is 4.79 Å². The van der Waals surface area contributed by atoms with Crippen molar-refractivity contribution in [2.24, 2.45) is 4.99 Å². The van der Waals surface area contributed by atoms with Gasteiger partial charge in [-0.05, 0) is 6.26 Å². The molecule has 0 aliphatic rings. The van der Waals surface area contributed by atoms with Crippen molar-refractivity contribution >= 4 is 23.6 Å². The molecule has 0 aromatic carbocycles. The van der Waals surface area contributed by atoms with Gasteiger partial charge < -0.3 is 15.5 Å². The molecular weight excluding hydrogens is 248 g/mol. The van der Waals surface area contributed by atoms with E-state index in [1.54, 1.807) is 31.9 Å². The Labute approximate surface area is 114 Å². The van der Waals surface area contributed by atoms with Crippen LogP contribution in [0.2, 0.25) is 0 Å². The van der Waals surface area contributed by atoms with Crippen LogP contribution >= 0.6 is 11.8 Å². The van der Waals surface area contributed by atoms with Crippen LogP contribution in [0, 0.1) is 0 Å². The molecule has 0 rings (SSSR count). The molecule has 0 aromatic rings. The van der Waals surface area contributed by atoms with Crippen LogP contribution in [0.3, 0.4) is 0 Å². The number of amides is 1. The third-order valence-electron chi connectivity index (χ3n) is 2.24. The summed E-state index contributed by atoms with van der Waals surface area (Å²) >= 11 is 1.78. The first kappa shape index (κ1) is 16.8. The van der Waals surface area contributed by atoms with E-state index in [9.17, 15) is 4.79 Å². The van der Waals surface area contributed by atoms with Crippen LogP contribution in [0.25, 0.3) is 0 Å². The average molecular weight is 272 g/mol. The fraction of sp³-hybridized carbons (Fsp3) is 0.667. The monoisotopic (exact) mass is 272 g/mol. The highest BCUT2D eigenvalue weighted by molar-refractivity contribution is 7.99. The first-order valence-corrected chi connectivity index (χ1v) is 7.16. The number of hydrogen-bond acceptors (Lipinski definition) is 3. The number of carbonyl (C=O) groups is 1. The van der Waals surface area contributed by atoms with Crippen LogP contribution < -0.4 is 10.6 Å². The number of thioether (sulfide) groups is 1. The molecule has 0 saturated heterocycles. The van der Waals surface area contributed by atoms with E-state index in [-0.39, 0.29) is 12.5 Å². The second-order valence-corrected chi connectivity index (χ2v) is 5.33. The third-order valence-corrected chi connectivity index (χ3v) is 3.22. The Morgan fingerprint density at radius 2 is 2.17 bits per heavy atom. The summed E-state index contributed by atoms with van der Waals surface area (Å²) in [6.45, 7) is 7.35. The number of nitrogens with one attached hydrogen (secondary N) is 2. The van der Waals surface area contributed by atoms with Crippen LogP contribution in [0.4, 0.5) is 0 Å². The van der Waals surface area contributed by atoms with Crippen molar-refractivity contribution in [2.75, 3.05) is 40.0 Å². The second kappa shape index (κ2) is 9.82. The lowest BCUT2D eigenvalue weighted by atomic mass is 10.4.